The molecule has 1 heterocycles. The van der Waals surface area contributed by atoms with Crippen LogP contribution in [0, 0.1) is 18.2 Å². The van der Waals surface area contributed by atoms with Crippen molar-refractivity contribution in [2.75, 3.05) is 0 Å². The van der Waals surface area contributed by atoms with Gasteiger partial charge < -0.3 is 19.4 Å². The molecule has 0 spiro atoms. The van der Waals surface area contributed by atoms with Crippen LogP contribution in [0.2, 0.25) is 0 Å². The standard InChI is InChI=1S/C23H27BFNO4/c1-9-14-11-10-12-15-18(14)16(24-29-22(5,6)23(7,8)30-24)13-17(19(15)25)28-20(27)26-21(2,3)4/h1,10-13H,2-8H3,(H,26,27). The van der Waals surface area contributed by atoms with Crippen molar-refractivity contribution in [3.05, 3.63) is 35.6 Å². The lowest BCUT2D eigenvalue weighted by atomic mass is 9.74. The van der Waals surface area contributed by atoms with E-state index in [4.69, 9.17) is 20.5 Å². The number of hydrogen-bond donors (Lipinski definition) is 1. The molecule has 0 aromatic heterocycles. The fourth-order valence-corrected chi connectivity index (χ4v) is 3.24. The molecule has 1 amide bonds. The minimum absolute atomic E-state index is 0.219. The van der Waals surface area contributed by atoms with Gasteiger partial charge in [0, 0.05) is 21.9 Å². The quantitative estimate of drug-likeness (QED) is 0.596. The molecule has 0 bridgehead atoms. The Hall–Kier alpha value is -2.56. The van der Waals surface area contributed by atoms with Gasteiger partial charge in [-0.3, -0.25) is 0 Å². The van der Waals surface area contributed by atoms with Crippen molar-refractivity contribution in [2.45, 2.75) is 65.2 Å². The second-order valence-corrected chi connectivity index (χ2v) is 9.50. The lowest BCUT2D eigenvalue weighted by molar-refractivity contribution is 0.00578. The van der Waals surface area contributed by atoms with E-state index in [1.807, 2.05) is 27.7 Å². The normalized spacial score (nSPS) is 17.6. The average molecular weight is 411 g/mol. The monoisotopic (exact) mass is 411 g/mol. The maximum atomic E-state index is 15.3. The highest BCUT2D eigenvalue weighted by Gasteiger charge is 2.52. The van der Waals surface area contributed by atoms with Crippen molar-refractivity contribution in [3.8, 4) is 18.1 Å². The maximum Gasteiger partial charge on any atom is 0.495 e. The Kier molecular flexibility index (Phi) is 5.38. The highest BCUT2D eigenvalue weighted by atomic mass is 19.1. The first kappa shape index (κ1) is 22.1. The number of amides is 1. The van der Waals surface area contributed by atoms with Crippen LogP contribution >= 0.6 is 0 Å². The van der Waals surface area contributed by atoms with E-state index >= 15 is 4.39 Å². The molecule has 5 nitrogen and oxygen atoms in total. The molecular formula is C23H27BFNO4. The molecule has 1 aliphatic rings. The summed E-state index contributed by atoms with van der Waals surface area (Å²) in [6, 6.07) is 6.41. The smallest absolute Gasteiger partial charge is 0.407 e. The molecule has 1 aliphatic heterocycles. The van der Waals surface area contributed by atoms with E-state index in [-0.39, 0.29) is 11.1 Å². The zero-order valence-electron chi connectivity index (χ0n) is 18.5. The predicted molar refractivity (Wildman–Crippen MR) is 116 cm³/mol. The second kappa shape index (κ2) is 7.30. The van der Waals surface area contributed by atoms with Crippen LogP contribution in [0.1, 0.15) is 54.0 Å². The third kappa shape index (κ3) is 4.03. The first-order valence-electron chi connectivity index (χ1n) is 9.83. The zero-order valence-corrected chi connectivity index (χ0v) is 18.5. The molecule has 3 rings (SSSR count). The molecule has 0 saturated carbocycles. The van der Waals surface area contributed by atoms with Gasteiger partial charge in [-0.25, -0.2) is 9.18 Å². The lowest BCUT2D eigenvalue weighted by Gasteiger charge is -2.32. The number of terminal acetylenes is 1. The van der Waals surface area contributed by atoms with Gasteiger partial charge in [-0.05, 0) is 66.1 Å². The average Bonchev–Trinajstić information content (AvgIpc) is 2.82. The summed E-state index contributed by atoms with van der Waals surface area (Å²) in [5.41, 5.74) is -0.725. The first-order chi connectivity index (χ1) is 13.8. The van der Waals surface area contributed by atoms with Gasteiger partial charge in [0.15, 0.2) is 11.6 Å². The van der Waals surface area contributed by atoms with Crippen LogP contribution in [0.25, 0.3) is 10.8 Å². The van der Waals surface area contributed by atoms with E-state index in [2.05, 4.69) is 11.2 Å². The number of carbonyl (C=O) groups excluding carboxylic acids is 1. The largest absolute Gasteiger partial charge is 0.495 e. The Labute approximate surface area is 177 Å². The minimum Gasteiger partial charge on any atom is -0.407 e. The van der Waals surface area contributed by atoms with Gasteiger partial charge in [-0.1, -0.05) is 18.1 Å². The Morgan fingerprint density at radius 2 is 1.80 bits per heavy atom. The summed E-state index contributed by atoms with van der Waals surface area (Å²) in [5.74, 6) is 1.70. The van der Waals surface area contributed by atoms with Crippen LogP contribution in [-0.2, 0) is 9.31 Å². The number of nitrogens with one attached hydrogen (secondary N) is 1. The van der Waals surface area contributed by atoms with Gasteiger partial charge >= 0.3 is 13.2 Å². The van der Waals surface area contributed by atoms with Crippen LogP contribution < -0.4 is 15.5 Å². The van der Waals surface area contributed by atoms with Crippen molar-refractivity contribution in [3.63, 3.8) is 0 Å². The van der Waals surface area contributed by atoms with Crippen molar-refractivity contribution in [1.82, 2.24) is 5.32 Å². The van der Waals surface area contributed by atoms with Crippen molar-refractivity contribution < 1.29 is 23.2 Å². The van der Waals surface area contributed by atoms with Gasteiger partial charge in [0.05, 0.1) is 11.2 Å². The molecule has 0 aliphatic carbocycles. The summed E-state index contributed by atoms with van der Waals surface area (Å²) in [6.07, 6.45) is 4.92. The summed E-state index contributed by atoms with van der Waals surface area (Å²) in [7, 11) is -0.805. The molecule has 2 aromatic carbocycles. The molecule has 30 heavy (non-hydrogen) atoms. The number of halogens is 1. The fourth-order valence-electron chi connectivity index (χ4n) is 3.24. The number of hydrogen-bond acceptors (Lipinski definition) is 4. The van der Waals surface area contributed by atoms with Gasteiger partial charge in [0.25, 0.3) is 0 Å². The number of fused-ring (bicyclic) bond motifs is 1. The van der Waals surface area contributed by atoms with E-state index < -0.39 is 35.8 Å². The summed E-state index contributed by atoms with van der Waals surface area (Å²) >= 11 is 0. The molecule has 0 radical (unpaired) electrons. The molecule has 1 N–H and O–H groups in total. The number of rotatable bonds is 2. The summed E-state index contributed by atoms with van der Waals surface area (Å²) in [4.78, 5) is 12.3. The summed E-state index contributed by atoms with van der Waals surface area (Å²) in [5, 5.41) is 3.39. The van der Waals surface area contributed by atoms with Crippen LogP contribution in [-0.4, -0.2) is 30.0 Å². The van der Waals surface area contributed by atoms with Gasteiger partial charge in [0.2, 0.25) is 0 Å². The molecule has 1 fully saturated rings. The number of ether oxygens (including phenoxy) is 1. The van der Waals surface area contributed by atoms with E-state index in [1.54, 1.807) is 39.0 Å². The van der Waals surface area contributed by atoms with Crippen LogP contribution in [0.4, 0.5) is 9.18 Å². The summed E-state index contributed by atoms with van der Waals surface area (Å²) in [6.45, 7) is 13.1. The Morgan fingerprint density at radius 1 is 1.20 bits per heavy atom. The van der Waals surface area contributed by atoms with Crippen LogP contribution in [0.5, 0.6) is 5.75 Å². The highest BCUT2D eigenvalue weighted by molar-refractivity contribution is 6.65. The molecule has 0 atom stereocenters. The van der Waals surface area contributed by atoms with Crippen LogP contribution in [0.15, 0.2) is 24.3 Å². The van der Waals surface area contributed by atoms with Crippen LogP contribution in [0.3, 0.4) is 0 Å². The molecule has 158 valence electrons. The maximum absolute atomic E-state index is 15.3. The van der Waals surface area contributed by atoms with Crippen molar-refractivity contribution in [2.24, 2.45) is 0 Å². The summed E-state index contributed by atoms with van der Waals surface area (Å²) < 4.78 is 33.0. The van der Waals surface area contributed by atoms with Crippen molar-refractivity contribution >= 4 is 29.4 Å². The molecule has 0 unspecified atom stereocenters. The van der Waals surface area contributed by atoms with Gasteiger partial charge in [-0.2, -0.15) is 0 Å². The number of benzene rings is 2. The topological polar surface area (TPSA) is 56.8 Å². The highest BCUT2D eigenvalue weighted by Crippen LogP contribution is 2.38. The third-order valence-corrected chi connectivity index (χ3v) is 5.43. The SMILES string of the molecule is C#Cc1cccc2c(F)c(OC(=O)NC(C)(C)C)cc(B3OC(C)(C)C(C)(C)O3)c12. The third-order valence-electron chi connectivity index (χ3n) is 5.43. The molecule has 7 heteroatoms. The van der Waals surface area contributed by atoms with E-state index in [1.165, 1.54) is 6.07 Å². The van der Waals surface area contributed by atoms with E-state index in [0.29, 0.717) is 16.4 Å². The second-order valence-electron chi connectivity index (χ2n) is 9.50. The Balaban J connectivity index is 2.17. The number of carbonyl (C=O) groups is 1. The fraction of sp³-hybridized carbons (Fsp3) is 0.435. The predicted octanol–water partition coefficient (Wildman–Crippen LogP) is 4.15. The molecule has 1 saturated heterocycles. The van der Waals surface area contributed by atoms with Gasteiger partial charge in [-0.15, -0.1) is 6.42 Å². The van der Waals surface area contributed by atoms with E-state index in [9.17, 15) is 4.79 Å². The Morgan fingerprint density at radius 3 is 2.33 bits per heavy atom. The minimum atomic E-state index is -0.805. The van der Waals surface area contributed by atoms with Crippen molar-refractivity contribution in [1.29, 1.82) is 0 Å². The molecular weight excluding hydrogens is 384 g/mol. The Bertz CT molecular complexity index is 1030. The van der Waals surface area contributed by atoms with Gasteiger partial charge in [0.1, 0.15) is 0 Å². The zero-order chi connectivity index (χ0) is 22.5. The first-order valence-corrected chi connectivity index (χ1v) is 9.83. The lowest BCUT2D eigenvalue weighted by Crippen LogP contribution is -2.42. The molecule has 2 aromatic rings. The van der Waals surface area contributed by atoms with E-state index in [0.717, 1.165) is 0 Å².